The molecule has 0 aliphatic carbocycles. The summed E-state index contributed by atoms with van der Waals surface area (Å²) in [6.07, 6.45) is 0. The molecular formula is C14H20N2O2. The predicted octanol–water partition coefficient (Wildman–Crippen LogP) is 1.36. The van der Waals surface area contributed by atoms with Crippen molar-refractivity contribution in [1.29, 1.82) is 0 Å². The first-order chi connectivity index (χ1) is 8.58. The number of hydrogen-bond acceptors (Lipinski definition) is 3. The lowest BCUT2D eigenvalue weighted by molar-refractivity contribution is -0.139. The summed E-state index contributed by atoms with van der Waals surface area (Å²) in [5.41, 5.74) is 0.347. The molecule has 1 amide bonds. The Morgan fingerprint density at radius 3 is 2.67 bits per heavy atom. The number of likely N-dealkylation sites (N-methyl/N-ethyl adjacent to an activating group) is 1. The van der Waals surface area contributed by atoms with E-state index < -0.39 is 5.54 Å². The van der Waals surface area contributed by atoms with Gasteiger partial charge in [-0.05, 0) is 31.5 Å². The summed E-state index contributed by atoms with van der Waals surface area (Å²) in [5.74, 6) is 0.944. The van der Waals surface area contributed by atoms with Gasteiger partial charge in [-0.2, -0.15) is 0 Å². The van der Waals surface area contributed by atoms with E-state index in [0.29, 0.717) is 6.61 Å². The van der Waals surface area contributed by atoms with Crippen LogP contribution in [0.2, 0.25) is 0 Å². The first-order valence-corrected chi connectivity index (χ1v) is 6.32. The van der Waals surface area contributed by atoms with Crippen molar-refractivity contribution in [2.24, 2.45) is 0 Å². The molecule has 0 bridgehead atoms. The number of rotatable bonds is 3. The van der Waals surface area contributed by atoms with Gasteiger partial charge in [0.2, 0.25) is 5.91 Å². The summed E-state index contributed by atoms with van der Waals surface area (Å²) in [4.78, 5) is 14.1. The highest BCUT2D eigenvalue weighted by Crippen LogP contribution is 2.27. The Labute approximate surface area is 108 Å². The molecule has 1 aromatic rings. The largest absolute Gasteiger partial charge is 0.494 e. The highest BCUT2D eigenvalue weighted by Gasteiger charge is 2.39. The Kier molecular flexibility index (Phi) is 3.57. The van der Waals surface area contributed by atoms with E-state index in [9.17, 15) is 4.79 Å². The van der Waals surface area contributed by atoms with Gasteiger partial charge in [0, 0.05) is 20.1 Å². The predicted molar refractivity (Wildman–Crippen MR) is 70.6 cm³/mol. The summed E-state index contributed by atoms with van der Waals surface area (Å²) in [7, 11) is 1.84. The smallest absolute Gasteiger partial charge is 0.246 e. The molecule has 1 aromatic carbocycles. The standard InChI is InChI=1S/C14H20N2O2/c1-4-18-12-7-5-11(6-8-12)14(2)13(17)16(3)10-9-15-14/h5-8,15H,4,9-10H2,1-3H3. The maximum absolute atomic E-state index is 12.3. The molecule has 2 rings (SSSR count). The van der Waals surface area contributed by atoms with Crippen LogP contribution in [-0.4, -0.2) is 37.6 Å². The molecule has 1 aliphatic rings. The second kappa shape index (κ2) is 4.98. The summed E-state index contributed by atoms with van der Waals surface area (Å²) >= 11 is 0. The Morgan fingerprint density at radius 1 is 1.39 bits per heavy atom. The van der Waals surface area contributed by atoms with Gasteiger partial charge in [0.1, 0.15) is 11.3 Å². The van der Waals surface area contributed by atoms with E-state index in [1.165, 1.54) is 0 Å². The molecule has 0 saturated carbocycles. The molecule has 1 fully saturated rings. The second-order valence-electron chi connectivity index (χ2n) is 4.74. The van der Waals surface area contributed by atoms with Crippen molar-refractivity contribution in [3.63, 3.8) is 0 Å². The maximum Gasteiger partial charge on any atom is 0.246 e. The van der Waals surface area contributed by atoms with Crippen LogP contribution in [0.1, 0.15) is 19.4 Å². The number of amides is 1. The number of benzene rings is 1. The Balaban J connectivity index is 2.26. The lowest BCUT2D eigenvalue weighted by Crippen LogP contribution is -2.59. The van der Waals surface area contributed by atoms with Crippen molar-refractivity contribution in [2.45, 2.75) is 19.4 Å². The Morgan fingerprint density at radius 2 is 2.06 bits per heavy atom. The van der Waals surface area contributed by atoms with Gasteiger partial charge in [0.15, 0.2) is 0 Å². The molecule has 4 nitrogen and oxygen atoms in total. The number of carbonyl (C=O) groups excluding carboxylic acids is 1. The Bertz CT molecular complexity index is 430. The molecule has 1 N–H and O–H groups in total. The van der Waals surface area contributed by atoms with Crippen LogP contribution < -0.4 is 10.1 Å². The van der Waals surface area contributed by atoms with Crippen molar-refractivity contribution in [3.05, 3.63) is 29.8 Å². The molecular weight excluding hydrogens is 228 g/mol. The van der Waals surface area contributed by atoms with Crippen molar-refractivity contribution in [1.82, 2.24) is 10.2 Å². The van der Waals surface area contributed by atoms with E-state index in [0.717, 1.165) is 24.4 Å². The van der Waals surface area contributed by atoms with E-state index in [1.54, 1.807) is 4.90 Å². The molecule has 1 heterocycles. The number of nitrogens with zero attached hydrogens (tertiary/aromatic N) is 1. The maximum atomic E-state index is 12.3. The van der Waals surface area contributed by atoms with Crippen LogP contribution in [0.5, 0.6) is 5.75 Å². The van der Waals surface area contributed by atoms with Crippen LogP contribution >= 0.6 is 0 Å². The van der Waals surface area contributed by atoms with E-state index in [-0.39, 0.29) is 5.91 Å². The first-order valence-electron chi connectivity index (χ1n) is 6.32. The molecule has 0 spiro atoms. The van der Waals surface area contributed by atoms with Crippen LogP contribution in [0.4, 0.5) is 0 Å². The van der Waals surface area contributed by atoms with Gasteiger partial charge in [-0.15, -0.1) is 0 Å². The fourth-order valence-corrected chi connectivity index (χ4v) is 2.31. The normalized spacial score (nSPS) is 24.2. The molecule has 1 atom stereocenters. The number of piperazine rings is 1. The van der Waals surface area contributed by atoms with Gasteiger partial charge in [0.25, 0.3) is 0 Å². The third-order valence-electron chi connectivity index (χ3n) is 3.44. The molecule has 0 radical (unpaired) electrons. The quantitative estimate of drug-likeness (QED) is 0.878. The number of nitrogens with one attached hydrogen (secondary N) is 1. The summed E-state index contributed by atoms with van der Waals surface area (Å²) in [6, 6.07) is 7.73. The molecule has 1 saturated heterocycles. The molecule has 98 valence electrons. The van der Waals surface area contributed by atoms with E-state index in [4.69, 9.17) is 4.74 Å². The second-order valence-corrected chi connectivity index (χ2v) is 4.74. The van der Waals surface area contributed by atoms with Gasteiger partial charge in [-0.3, -0.25) is 10.1 Å². The number of ether oxygens (including phenoxy) is 1. The van der Waals surface area contributed by atoms with Crippen molar-refractivity contribution in [3.8, 4) is 5.75 Å². The Hall–Kier alpha value is -1.55. The van der Waals surface area contributed by atoms with Gasteiger partial charge in [0.05, 0.1) is 6.61 Å². The van der Waals surface area contributed by atoms with Crippen LogP contribution in [0.15, 0.2) is 24.3 Å². The topological polar surface area (TPSA) is 41.6 Å². The van der Waals surface area contributed by atoms with Crippen LogP contribution in [0.3, 0.4) is 0 Å². The molecule has 18 heavy (non-hydrogen) atoms. The fourth-order valence-electron chi connectivity index (χ4n) is 2.31. The van der Waals surface area contributed by atoms with E-state index >= 15 is 0 Å². The molecule has 1 aliphatic heterocycles. The minimum absolute atomic E-state index is 0.109. The van der Waals surface area contributed by atoms with E-state index in [1.807, 2.05) is 45.2 Å². The van der Waals surface area contributed by atoms with Crippen molar-refractivity contribution in [2.75, 3.05) is 26.7 Å². The number of hydrogen-bond donors (Lipinski definition) is 1. The molecule has 0 aromatic heterocycles. The van der Waals surface area contributed by atoms with Crippen molar-refractivity contribution < 1.29 is 9.53 Å². The zero-order chi connectivity index (χ0) is 13.2. The van der Waals surface area contributed by atoms with Crippen LogP contribution in [0, 0.1) is 0 Å². The lowest BCUT2D eigenvalue weighted by Gasteiger charge is -2.39. The van der Waals surface area contributed by atoms with Crippen LogP contribution in [0.25, 0.3) is 0 Å². The third-order valence-corrected chi connectivity index (χ3v) is 3.44. The first kappa shape index (κ1) is 12.9. The third kappa shape index (κ3) is 2.20. The minimum Gasteiger partial charge on any atom is -0.494 e. The average molecular weight is 248 g/mol. The highest BCUT2D eigenvalue weighted by molar-refractivity contribution is 5.87. The lowest BCUT2D eigenvalue weighted by atomic mass is 9.89. The highest BCUT2D eigenvalue weighted by atomic mass is 16.5. The molecule has 4 heteroatoms. The van der Waals surface area contributed by atoms with Crippen molar-refractivity contribution >= 4 is 5.91 Å². The SMILES string of the molecule is CCOc1ccc(C2(C)NCCN(C)C2=O)cc1. The summed E-state index contributed by atoms with van der Waals surface area (Å²) in [6.45, 7) is 6.10. The van der Waals surface area contributed by atoms with E-state index in [2.05, 4.69) is 5.32 Å². The minimum atomic E-state index is -0.627. The molecule has 1 unspecified atom stereocenters. The van der Waals surface area contributed by atoms with Gasteiger partial charge in [-0.25, -0.2) is 0 Å². The summed E-state index contributed by atoms with van der Waals surface area (Å²) < 4.78 is 5.41. The van der Waals surface area contributed by atoms with Crippen LogP contribution in [-0.2, 0) is 10.3 Å². The zero-order valence-corrected chi connectivity index (χ0v) is 11.2. The number of carbonyl (C=O) groups is 1. The van der Waals surface area contributed by atoms with Gasteiger partial charge in [-0.1, -0.05) is 12.1 Å². The van der Waals surface area contributed by atoms with Gasteiger partial charge < -0.3 is 9.64 Å². The fraction of sp³-hybridized carbons (Fsp3) is 0.500. The zero-order valence-electron chi connectivity index (χ0n) is 11.2. The monoisotopic (exact) mass is 248 g/mol. The van der Waals surface area contributed by atoms with Gasteiger partial charge >= 0.3 is 0 Å². The summed E-state index contributed by atoms with van der Waals surface area (Å²) in [5, 5.41) is 3.31. The average Bonchev–Trinajstić information content (AvgIpc) is 2.37.